The fourth-order valence-electron chi connectivity index (χ4n) is 5.60. The van der Waals surface area contributed by atoms with Gasteiger partial charge in [-0.05, 0) is 40.5 Å². The molecule has 0 bridgehead atoms. The highest BCUT2D eigenvalue weighted by atomic mass is 19.1. The van der Waals surface area contributed by atoms with Gasteiger partial charge in [0.1, 0.15) is 11.4 Å². The third-order valence-corrected chi connectivity index (χ3v) is 7.20. The number of rotatable bonds is 5. The van der Waals surface area contributed by atoms with Gasteiger partial charge < -0.3 is 5.11 Å². The summed E-state index contributed by atoms with van der Waals surface area (Å²) in [4.78, 5) is 16.4. The Morgan fingerprint density at radius 3 is 1.51 bits per heavy atom. The summed E-state index contributed by atoms with van der Waals surface area (Å²) in [5.74, 6) is -1.07. The highest BCUT2D eigenvalue weighted by molar-refractivity contribution is 6.11. The first-order valence-electron chi connectivity index (χ1n) is 12.2. The number of aliphatic hydroxyl groups is 1. The van der Waals surface area contributed by atoms with Crippen LogP contribution in [0.1, 0.15) is 27.8 Å². The van der Waals surface area contributed by atoms with Crippen LogP contribution in [0.2, 0.25) is 0 Å². The molecule has 37 heavy (non-hydrogen) atoms. The fraction of sp³-hybridized carbons (Fsp3) is 0.0606. The Bertz CT molecular complexity index is 1460. The summed E-state index contributed by atoms with van der Waals surface area (Å²) in [7, 11) is 0. The van der Waals surface area contributed by atoms with Gasteiger partial charge in [-0.2, -0.15) is 0 Å². The lowest BCUT2D eigenvalue weighted by molar-refractivity contribution is -0.133. The Morgan fingerprint density at radius 1 is 0.622 bits per heavy atom. The number of halogens is 1. The summed E-state index contributed by atoms with van der Waals surface area (Å²) in [5.41, 5.74) is 0.368. The van der Waals surface area contributed by atoms with Gasteiger partial charge in [-0.15, -0.1) is 0 Å². The number of carbonyl (C=O) groups excluding carboxylic acids is 1. The normalized spacial score (nSPS) is 17.0. The highest BCUT2D eigenvalue weighted by Crippen LogP contribution is 2.53. The van der Waals surface area contributed by atoms with Gasteiger partial charge in [-0.3, -0.25) is 9.69 Å². The minimum Gasteiger partial charge on any atom is -0.372 e. The summed E-state index contributed by atoms with van der Waals surface area (Å²) in [5, 5.41) is 12.2. The SMILES string of the molecule is O=C1N(C(c2ccccc2)(c2ccccc2)c2ccccc2)c2ccc(F)cc2[C@]1(O)c1ccccc1. The molecule has 0 saturated heterocycles. The molecule has 1 heterocycles. The van der Waals surface area contributed by atoms with E-state index in [9.17, 15) is 14.3 Å². The minimum atomic E-state index is -2.07. The molecule has 4 heteroatoms. The molecule has 0 fully saturated rings. The van der Waals surface area contributed by atoms with Gasteiger partial charge in [0, 0.05) is 5.56 Å². The summed E-state index contributed by atoms with van der Waals surface area (Å²) >= 11 is 0. The number of nitrogens with zero attached hydrogens (tertiary/aromatic N) is 1. The molecule has 0 aliphatic carbocycles. The van der Waals surface area contributed by atoms with E-state index >= 15 is 0 Å². The van der Waals surface area contributed by atoms with Crippen molar-refractivity contribution in [3.63, 3.8) is 0 Å². The average molecular weight is 486 g/mol. The molecule has 0 unspecified atom stereocenters. The zero-order valence-electron chi connectivity index (χ0n) is 20.0. The van der Waals surface area contributed by atoms with Gasteiger partial charge in [0.05, 0.1) is 5.69 Å². The number of benzene rings is 5. The molecule has 1 N–H and O–H groups in total. The Hall–Kier alpha value is -4.54. The molecule has 5 aromatic rings. The summed E-state index contributed by atoms with van der Waals surface area (Å²) in [6.45, 7) is 0. The zero-order chi connectivity index (χ0) is 25.5. The minimum absolute atomic E-state index is 0.218. The van der Waals surface area contributed by atoms with Crippen LogP contribution in [0.3, 0.4) is 0 Å². The van der Waals surface area contributed by atoms with E-state index < -0.39 is 22.9 Å². The van der Waals surface area contributed by atoms with Gasteiger partial charge in [-0.25, -0.2) is 4.39 Å². The van der Waals surface area contributed by atoms with Crippen molar-refractivity contribution in [2.75, 3.05) is 4.90 Å². The van der Waals surface area contributed by atoms with Crippen molar-refractivity contribution in [2.45, 2.75) is 11.1 Å². The maximum absolute atomic E-state index is 14.7. The van der Waals surface area contributed by atoms with E-state index in [1.54, 1.807) is 35.2 Å². The average Bonchev–Trinajstić information content (AvgIpc) is 3.19. The number of hydrogen-bond acceptors (Lipinski definition) is 2. The van der Waals surface area contributed by atoms with Crippen LogP contribution < -0.4 is 4.90 Å². The number of fused-ring (bicyclic) bond motifs is 1. The van der Waals surface area contributed by atoms with Crippen LogP contribution in [0.4, 0.5) is 10.1 Å². The molecule has 180 valence electrons. The highest BCUT2D eigenvalue weighted by Gasteiger charge is 2.58. The second kappa shape index (κ2) is 8.84. The molecule has 0 spiro atoms. The van der Waals surface area contributed by atoms with E-state index in [4.69, 9.17) is 0 Å². The predicted octanol–water partition coefficient (Wildman–Crippen LogP) is 6.40. The van der Waals surface area contributed by atoms with Crippen molar-refractivity contribution in [3.8, 4) is 0 Å². The Kier molecular flexibility index (Phi) is 5.47. The van der Waals surface area contributed by atoms with Crippen molar-refractivity contribution >= 4 is 11.6 Å². The van der Waals surface area contributed by atoms with E-state index in [1.807, 2.05) is 97.1 Å². The number of amides is 1. The number of hydrogen-bond donors (Lipinski definition) is 1. The van der Waals surface area contributed by atoms with Crippen LogP contribution in [0.25, 0.3) is 0 Å². The molecule has 5 aromatic carbocycles. The van der Waals surface area contributed by atoms with Gasteiger partial charge in [0.25, 0.3) is 5.91 Å². The molecule has 0 radical (unpaired) electrons. The molecule has 0 saturated carbocycles. The summed E-state index contributed by atoms with van der Waals surface area (Å²) in [6, 6.07) is 42.2. The predicted molar refractivity (Wildman–Crippen MR) is 143 cm³/mol. The summed E-state index contributed by atoms with van der Waals surface area (Å²) in [6.07, 6.45) is 0. The van der Waals surface area contributed by atoms with Gasteiger partial charge in [0.15, 0.2) is 5.60 Å². The molecule has 1 amide bonds. The third kappa shape index (κ3) is 3.34. The number of carbonyl (C=O) groups is 1. The topological polar surface area (TPSA) is 40.5 Å². The monoisotopic (exact) mass is 485 g/mol. The maximum atomic E-state index is 14.7. The van der Waals surface area contributed by atoms with Crippen LogP contribution in [0.15, 0.2) is 140 Å². The largest absolute Gasteiger partial charge is 0.372 e. The van der Waals surface area contributed by atoms with Crippen molar-refractivity contribution in [3.05, 3.63) is 173 Å². The van der Waals surface area contributed by atoms with Crippen LogP contribution in [-0.2, 0) is 15.9 Å². The van der Waals surface area contributed by atoms with Crippen molar-refractivity contribution < 1.29 is 14.3 Å². The van der Waals surface area contributed by atoms with Crippen LogP contribution in [0, 0.1) is 5.82 Å². The molecule has 0 aromatic heterocycles. The van der Waals surface area contributed by atoms with E-state index in [1.165, 1.54) is 12.1 Å². The molecular weight excluding hydrogens is 461 g/mol. The lowest BCUT2D eigenvalue weighted by atomic mass is 9.75. The fourth-order valence-corrected chi connectivity index (χ4v) is 5.60. The lowest BCUT2D eigenvalue weighted by Gasteiger charge is -2.44. The molecule has 1 aliphatic rings. The standard InChI is InChI=1S/C33H24FNO2/c34-28-21-22-30-29(23-28)33(37,27-19-11-4-12-20-27)31(36)35(30)32(24-13-5-1-6-14-24,25-15-7-2-8-16-25)26-17-9-3-10-18-26/h1-23,37H/t33-/m1/s1. The molecule has 3 nitrogen and oxygen atoms in total. The van der Waals surface area contributed by atoms with Gasteiger partial charge in [0.2, 0.25) is 0 Å². The Labute approximate surface area is 215 Å². The molecule has 1 atom stereocenters. The maximum Gasteiger partial charge on any atom is 0.269 e. The van der Waals surface area contributed by atoms with E-state index in [-0.39, 0.29) is 5.56 Å². The molecular formula is C33H24FNO2. The van der Waals surface area contributed by atoms with Crippen LogP contribution in [0.5, 0.6) is 0 Å². The van der Waals surface area contributed by atoms with E-state index in [2.05, 4.69) is 0 Å². The van der Waals surface area contributed by atoms with Crippen LogP contribution >= 0.6 is 0 Å². The first kappa shape index (κ1) is 22.9. The second-order valence-electron chi connectivity index (χ2n) is 9.19. The molecule has 6 rings (SSSR count). The Morgan fingerprint density at radius 2 is 1.05 bits per heavy atom. The lowest BCUT2D eigenvalue weighted by Crippen LogP contribution is -2.53. The van der Waals surface area contributed by atoms with Gasteiger partial charge in [-0.1, -0.05) is 121 Å². The Balaban J connectivity index is 1.75. The summed E-state index contributed by atoms with van der Waals surface area (Å²) < 4.78 is 14.7. The number of anilines is 1. The molecule has 1 aliphatic heterocycles. The quantitative estimate of drug-likeness (QED) is 0.293. The second-order valence-corrected chi connectivity index (χ2v) is 9.19. The first-order valence-corrected chi connectivity index (χ1v) is 12.2. The smallest absolute Gasteiger partial charge is 0.269 e. The van der Waals surface area contributed by atoms with E-state index in [0.29, 0.717) is 11.3 Å². The first-order chi connectivity index (χ1) is 18.1. The van der Waals surface area contributed by atoms with Crippen molar-refractivity contribution in [1.82, 2.24) is 0 Å². The third-order valence-electron chi connectivity index (χ3n) is 7.20. The van der Waals surface area contributed by atoms with Crippen LogP contribution in [-0.4, -0.2) is 11.0 Å². The van der Waals surface area contributed by atoms with Crippen molar-refractivity contribution in [1.29, 1.82) is 0 Å². The van der Waals surface area contributed by atoms with E-state index in [0.717, 1.165) is 16.7 Å². The van der Waals surface area contributed by atoms with Crippen molar-refractivity contribution in [2.24, 2.45) is 0 Å². The zero-order valence-corrected chi connectivity index (χ0v) is 20.0. The van der Waals surface area contributed by atoms with Gasteiger partial charge >= 0.3 is 0 Å².